The number of hydrogen-bond acceptors (Lipinski definition) is 4. The minimum Gasteiger partial charge on any atom is -0.392 e. The third-order valence-electron chi connectivity index (χ3n) is 3.76. The lowest BCUT2D eigenvalue weighted by Gasteiger charge is -2.27. The van der Waals surface area contributed by atoms with Crippen LogP contribution in [0, 0.1) is 0 Å². The van der Waals surface area contributed by atoms with E-state index in [4.69, 9.17) is 9.84 Å². The molecule has 1 fully saturated rings. The maximum absolute atomic E-state index is 12.3. The standard InChI is InChI=1S/C15H23NO4S/c1-16(10-15-4-2-3-9-20-15)21(18,19)12-14-7-5-13(11-17)6-8-14/h5-8,15,17H,2-4,9-12H2,1H3. The summed E-state index contributed by atoms with van der Waals surface area (Å²) in [6.07, 6.45) is 3.09. The molecule has 1 saturated heterocycles. The molecular formula is C15H23NO4S. The number of likely N-dealkylation sites (N-methyl/N-ethyl adjacent to an activating group) is 1. The SMILES string of the molecule is CN(CC1CCCCO1)S(=O)(=O)Cc1ccc(CO)cc1. The number of benzene rings is 1. The van der Waals surface area contributed by atoms with Gasteiger partial charge < -0.3 is 9.84 Å². The second kappa shape index (κ2) is 7.35. The van der Waals surface area contributed by atoms with Crippen molar-refractivity contribution in [3.05, 3.63) is 35.4 Å². The molecule has 2 rings (SSSR count). The van der Waals surface area contributed by atoms with Gasteiger partial charge in [0.15, 0.2) is 0 Å². The van der Waals surface area contributed by atoms with E-state index in [1.165, 1.54) is 4.31 Å². The van der Waals surface area contributed by atoms with Crippen LogP contribution in [0.15, 0.2) is 24.3 Å². The van der Waals surface area contributed by atoms with E-state index in [1.54, 1.807) is 31.3 Å². The average molecular weight is 313 g/mol. The normalized spacial score (nSPS) is 19.9. The van der Waals surface area contributed by atoms with Crippen molar-refractivity contribution in [2.45, 2.75) is 37.7 Å². The Balaban J connectivity index is 1.95. The van der Waals surface area contributed by atoms with Crippen molar-refractivity contribution >= 4 is 10.0 Å². The molecule has 1 heterocycles. The van der Waals surface area contributed by atoms with Gasteiger partial charge in [-0.05, 0) is 30.4 Å². The second-order valence-electron chi connectivity index (χ2n) is 5.50. The zero-order valence-electron chi connectivity index (χ0n) is 12.4. The molecule has 5 nitrogen and oxygen atoms in total. The molecule has 0 spiro atoms. The van der Waals surface area contributed by atoms with Crippen LogP contribution in [0.5, 0.6) is 0 Å². The molecule has 0 aromatic heterocycles. The lowest BCUT2D eigenvalue weighted by atomic mass is 10.1. The highest BCUT2D eigenvalue weighted by molar-refractivity contribution is 7.88. The summed E-state index contributed by atoms with van der Waals surface area (Å²) in [5.41, 5.74) is 1.50. The predicted molar refractivity (Wildman–Crippen MR) is 81.2 cm³/mol. The summed E-state index contributed by atoms with van der Waals surface area (Å²) in [5.74, 6) is -0.0259. The van der Waals surface area contributed by atoms with Crippen molar-refractivity contribution in [2.24, 2.45) is 0 Å². The summed E-state index contributed by atoms with van der Waals surface area (Å²) in [5, 5.41) is 8.99. The van der Waals surface area contributed by atoms with E-state index < -0.39 is 10.0 Å². The third kappa shape index (κ3) is 4.78. The maximum atomic E-state index is 12.3. The van der Waals surface area contributed by atoms with Crippen LogP contribution in [0.1, 0.15) is 30.4 Å². The van der Waals surface area contributed by atoms with Gasteiger partial charge in [-0.3, -0.25) is 0 Å². The third-order valence-corrected chi connectivity index (χ3v) is 5.56. The lowest BCUT2D eigenvalue weighted by molar-refractivity contribution is 0.00857. The molecule has 1 N–H and O–H groups in total. The number of aliphatic hydroxyl groups excluding tert-OH is 1. The van der Waals surface area contributed by atoms with Crippen LogP contribution in [0.3, 0.4) is 0 Å². The Morgan fingerprint density at radius 1 is 1.24 bits per heavy atom. The summed E-state index contributed by atoms with van der Waals surface area (Å²) >= 11 is 0. The van der Waals surface area contributed by atoms with Crippen LogP contribution < -0.4 is 0 Å². The predicted octanol–water partition coefficient (Wildman–Crippen LogP) is 1.51. The summed E-state index contributed by atoms with van der Waals surface area (Å²) < 4.78 is 31.7. The van der Waals surface area contributed by atoms with Gasteiger partial charge in [0.1, 0.15) is 0 Å². The lowest BCUT2D eigenvalue weighted by Crippen LogP contribution is -2.37. The summed E-state index contributed by atoms with van der Waals surface area (Å²) in [6, 6.07) is 6.98. The first-order chi connectivity index (χ1) is 10.0. The van der Waals surface area contributed by atoms with Crippen molar-refractivity contribution in [1.29, 1.82) is 0 Å². The molecule has 0 saturated carbocycles. The Hall–Kier alpha value is -0.950. The average Bonchev–Trinajstić information content (AvgIpc) is 2.48. The number of sulfonamides is 1. The van der Waals surface area contributed by atoms with Gasteiger partial charge in [-0.25, -0.2) is 12.7 Å². The van der Waals surface area contributed by atoms with Gasteiger partial charge in [0.05, 0.1) is 18.5 Å². The fraction of sp³-hybridized carbons (Fsp3) is 0.600. The van der Waals surface area contributed by atoms with Crippen molar-refractivity contribution < 1.29 is 18.3 Å². The van der Waals surface area contributed by atoms with Gasteiger partial charge in [0.2, 0.25) is 10.0 Å². The van der Waals surface area contributed by atoms with E-state index in [2.05, 4.69) is 0 Å². The topological polar surface area (TPSA) is 66.8 Å². The molecule has 1 atom stereocenters. The molecular weight excluding hydrogens is 290 g/mol. The van der Waals surface area contributed by atoms with E-state index in [0.29, 0.717) is 6.54 Å². The van der Waals surface area contributed by atoms with E-state index in [1.807, 2.05) is 0 Å². The molecule has 118 valence electrons. The molecule has 0 aliphatic carbocycles. The Morgan fingerprint density at radius 2 is 1.90 bits per heavy atom. The van der Waals surface area contributed by atoms with Crippen LogP contribution in [0.4, 0.5) is 0 Å². The number of ether oxygens (including phenoxy) is 1. The molecule has 0 radical (unpaired) electrons. The molecule has 6 heteroatoms. The summed E-state index contributed by atoms with van der Waals surface area (Å²) in [7, 11) is -1.73. The highest BCUT2D eigenvalue weighted by Gasteiger charge is 2.23. The van der Waals surface area contributed by atoms with Gasteiger partial charge in [0, 0.05) is 20.2 Å². The van der Waals surface area contributed by atoms with Crippen molar-refractivity contribution in [2.75, 3.05) is 20.2 Å². The fourth-order valence-corrected chi connectivity index (χ4v) is 3.64. The molecule has 0 amide bonds. The molecule has 1 aromatic rings. The maximum Gasteiger partial charge on any atom is 0.218 e. The van der Waals surface area contributed by atoms with Crippen LogP contribution in [-0.4, -0.2) is 44.1 Å². The smallest absolute Gasteiger partial charge is 0.218 e. The quantitative estimate of drug-likeness (QED) is 0.864. The Labute approximate surface area is 126 Å². The number of nitrogens with zero attached hydrogens (tertiary/aromatic N) is 1. The van der Waals surface area contributed by atoms with E-state index in [0.717, 1.165) is 37.0 Å². The van der Waals surface area contributed by atoms with Gasteiger partial charge in [-0.1, -0.05) is 24.3 Å². The first-order valence-corrected chi connectivity index (χ1v) is 8.86. The highest BCUT2D eigenvalue weighted by atomic mass is 32.2. The molecule has 1 aromatic carbocycles. The van der Waals surface area contributed by atoms with E-state index in [-0.39, 0.29) is 18.5 Å². The molecule has 1 aliphatic heterocycles. The Bertz CT molecular complexity index is 535. The fourth-order valence-electron chi connectivity index (χ4n) is 2.41. The monoisotopic (exact) mass is 313 g/mol. The van der Waals surface area contributed by atoms with Crippen molar-refractivity contribution in [3.63, 3.8) is 0 Å². The van der Waals surface area contributed by atoms with Crippen molar-refractivity contribution in [1.82, 2.24) is 4.31 Å². The first kappa shape index (κ1) is 16.4. The van der Waals surface area contributed by atoms with E-state index in [9.17, 15) is 8.42 Å². The number of aliphatic hydroxyl groups is 1. The van der Waals surface area contributed by atoms with E-state index >= 15 is 0 Å². The van der Waals surface area contributed by atoms with Crippen LogP contribution in [0.2, 0.25) is 0 Å². The molecule has 1 unspecified atom stereocenters. The summed E-state index contributed by atoms with van der Waals surface area (Å²) in [6.45, 7) is 1.10. The highest BCUT2D eigenvalue weighted by Crippen LogP contribution is 2.16. The molecule has 1 aliphatic rings. The number of hydrogen-bond donors (Lipinski definition) is 1. The van der Waals surface area contributed by atoms with Crippen molar-refractivity contribution in [3.8, 4) is 0 Å². The molecule has 0 bridgehead atoms. The molecule has 21 heavy (non-hydrogen) atoms. The van der Waals surface area contributed by atoms with Gasteiger partial charge >= 0.3 is 0 Å². The zero-order chi connectivity index (χ0) is 15.3. The first-order valence-electron chi connectivity index (χ1n) is 7.25. The Kier molecular flexibility index (Phi) is 5.75. The van der Waals surface area contributed by atoms with Crippen LogP contribution in [-0.2, 0) is 27.1 Å². The zero-order valence-corrected chi connectivity index (χ0v) is 13.2. The van der Waals surface area contributed by atoms with Gasteiger partial charge in [0.25, 0.3) is 0 Å². The number of rotatable bonds is 6. The second-order valence-corrected chi connectivity index (χ2v) is 7.58. The minimum absolute atomic E-state index is 0.00953. The largest absolute Gasteiger partial charge is 0.392 e. The van der Waals surface area contributed by atoms with Crippen LogP contribution >= 0.6 is 0 Å². The van der Waals surface area contributed by atoms with Crippen LogP contribution in [0.25, 0.3) is 0 Å². The Morgan fingerprint density at radius 3 is 2.48 bits per heavy atom. The minimum atomic E-state index is -3.34. The summed E-state index contributed by atoms with van der Waals surface area (Å²) in [4.78, 5) is 0. The van der Waals surface area contributed by atoms with Gasteiger partial charge in [-0.15, -0.1) is 0 Å². The van der Waals surface area contributed by atoms with Gasteiger partial charge in [-0.2, -0.15) is 0 Å².